The minimum Gasteiger partial charge on any atom is -0.338 e. The van der Waals surface area contributed by atoms with E-state index in [0.29, 0.717) is 24.9 Å². The molecule has 1 aliphatic rings. The van der Waals surface area contributed by atoms with Gasteiger partial charge in [0.25, 0.3) is 0 Å². The largest absolute Gasteiger partial charge is 0.338 e. The Bertz CT molecular complexity index is 1270. The maximum Gasteiger partial charge on any atom is 0.241 e. The molecule has 0 radical (unpaired) electrons. The molecular formula is C24H28N8OS. The number of rotatable bonds is 8. The van der Waals surface area contributed by atoms with Gasteiger partial charge in [-0.2, -0.15) is 10.1 Å². The first-order valence-electron chi connectivity index (χ1n) is 11.5. The molecule has 0 N–H and O–H groups in total. The third-order valence-electron chi connectivity index (χ3n) is 6.14. The van der Waals surface area contributed by atoms with E-state index in [1.165, 1.54) is 0 Å². The minimum absolute atomic E-state index is 0.653. The standard InChI is InChI=1S/C24H28N8OS/c1-19-6-2-3-8-21(19)23-27-22(33-28-23)16-29-12-14-30(15-13-29)18-32-24(34)31(17-26-32)11-9-20-7-4-5-10-25-20/h2-8,10,17H,9,11-16,18H2,1H3. The van der Waals surface area contributed by atoms with Crippen LogP contribution >= 0.6 is 12.2 Å². The Morgan fingerprint density at radius 3 is 2.59 bits per heavy atom. The average Bonchev–Trinajstić information content (AvgIpc) is 3.46. The van der Waals surface area contributed by atoms with Crippen molar-refractivity contribution >= 4 is 12.2 Å². The molecule has 0 spiro atoms. The fraction of sp³-hybridized carbons (Fsp3) is 0.375. The number of pyridine rings is 1. The second-order valence-electron chi connectivity index (χ2n) is 8.54. The lowest BCUT2D eigenvalue weighted by molar-refractivity contribution is 0.0907. The molecule has 0 saturated carbocycles. The lowest BCUT2D eigenvalue weighted by Gasteiger charge is -2.33. The molecule has 4 aromatic rings. The predicted octanol–water partition coefficient (Wildman–Crippen LogP) is 3.19. The van der Waals surface area contributed by atoms with Gasteiger partial charge in [-0.05, 0) is 36.8 Å². The first-order valence-corrected chi connectivity index (χ1v) is 11.9. The molecule has 1 fully saturated rings. The molecule has 34 heavy (non-hydrogen) atoms. The van der Waals surface area contributed by atoms with Gasteiger partial charge in [0, 0.05) is 56.6 Å². The fourth-order valence-electron chi connectivity index (χ4n) is 4.12. The van der Waals surface area contributed by atoms with E-state index in [1.807, 2.05) is 58.2 Å². The fourth-order valence-corrected chi connectivity index (χ4v) is 4.37. The van der Waals surface area contributed by atoms with Crippen LogP contribution in [0.15, 0.2) is 59.5 Å². The van der Waals surface area contributed by atoms with E-state index in [9.17, 15) is 0 Å². The summed E-state index contributed by atoms with van der Waals surface area (Å²) in [5.74, 6) is 1.31. The molecular weight excluding hydrogens is 448 g/mol. The highest BCUT2D eigenvalue weighted by atomic mass is 32.1. The molecule has 0 bridgehead atoms. The number of aromatic nitrogens is 6. The molecule has 10 heteroatoms. The lowest BCUT2D eigenvalue weighted by Crippen LogP contribution is -2.46. The summed E-state index contributed by atoms with van der Waals surface area (Å²) >= 11 is 5.65. The molecule has 3 aromatic heterocycles. The van der Waals surface area contributed by atoms with Gasteiger partial charge in [0.1, 0.15) is 6.33 Å². The van der Waals surface area contributed by atoms with E-state index in [-0.39, 0.29) is 0 Å². The highest BCUT2D eigenvalue weighted by molar-refractivity contribution is 7.71. The van der Waals surface area contributed by atoms with Crippen LogP contribution in [0.25, 0.3) is 11.4 Å². The maximum absolute atomic E-state index is 5.65. The van der Waals surface area contributed by atoms with Crippen molar-refractivity contribution in [1.82, 2.24) is 39.3 Å². The van der Waals surface area contributed by atoms with Crippen molar-refractivity contribution in [2.75, 3.05) is 26.2 Å². The van der Waals surface area contributed by atoms with Crippen LogP contribution in [0.2, 0.25) is 0 Å². The van der Waals surface area contributed by atoms with Crippen LogP contribution in [-0.2, 0) is 26.2 Å². The molecule has 0 unspecified atom stereocenters. The van der Waals surface area contributed by atoms with Crippen LogP contribution in [0.1, 0.15) is 17.1 Å². The number of benzene rings is 1. The molecule has 0 atom stereocenters. The van der Waals surface area contributed by atoms with Gasteiger partial charge in [-0.1, -0.05) is 35.5 Å². The third kappa shape index (κ3) is 5.30. The number of aryl methyl sites for hydroxylation is 3. The second-order valence-corrected chi connectivity index (χ2v) is 8.90. The molecule has 0 aliphatic carbocycles. The van der Waals surface area contributed by atoms with Gasteiger partial charge in [-0.3, -0.25) is 14.8 Å². The summed E-state index contributed by atoms with van der Waals surface area (Å²) in [6, 6.07) is 14.1. The monoisotopic (exact) mass is 476 g/mol. The highest BCUT2D eigenvalue weighted by Gasteiger charge is 2.20. The van der Waals surface area contributed by atoms with Crippen LogP contribution < -0.4 is 0 Å². The van der Waals surface area contributed by atoms with E-state index in [2.05, 4.69) is 43.0 Å². The molecule has 4 heterocycles. The van der Waals surface area contributed by atoms with Gasteiger partial charge in [0.15, 0.2) is 4.77 Å². The lowest BCUT2D eigenvalue weighted by atomic mass is 10.1. The summed E-state index contributed by atoms with van der Waals surface area (Å²) in [7, 11) is 0. The van der Waals surface area contributed by atoms with Gasteiger partial charge >= 0.3 is 0 Å². The molecule has 176 valence electrons. The normalized spacial score (nSPS) is 15.1. The summed E-state index contributed by atoms with van der Waals surface area (Å²) < 4.78 is 10.2. The Morgan fingerprint density at radius 1 is 1.00 bits per heavy atom. The Hall–Kier alpha value is -3.21. The smallest absolute Gasteiger partial charge is 0.241 e. The van der Waals surface area contributed by atoms with Crippen molar-refractivity contribution in [1.29, 1.82) is 0 Å². The number of nitrogens with zero attached hydrogens (tertiary/aromatic N) is 8. The second kappa shape index (κ2) is 10.4. The summed E-state index contributed by atoms with van der Waals surface area (Å²) in [4.78, 5) is 13.7. The zero-order valence-electron chi connectivity index (χ0n) is 19.2. The van der Waals surface area contributed by atoms with E-state index < -0.39 is 0 Å². The van der Waals surface area contributed by atoms with Crippen LogP contribution in [0.4, 0.5) is 0 Å². The van der Waals surface area contributed by atoms with Crippen molar-refractivity contribution in [3.8, 4) is 11.4 Å². The first kappa shape index (κ1) is 22.6. The van der Waals surface area contributed by atoms with Crippen LogP contribution in [-0.4, -0.2) is 65.5 Å². The minimum atomic E-state index is 0.653. The zero-order chi connectivity index (χ0) is 23.3. The Labute approximate surface area is 203 Å². The van der Waals surface area contributed by atoms with Crippen LogP contribution in [0.3, 0.4) is 0 Å². The quantitative estimate of drug-likeness (QED) is 0.359. The van der Waals surface area contributed by atoms with Crippen LogP contribution in [0, 0.1) is 11.7 Å². The summed E-state index contributed by atoms with van der Waals surface area (Å²) in [6.45, 7) is 7.91. The summed E-state index contributed by atoms with van der Waals surface area (Å²) in [5.41, 5.74) is 3.21. The Balaban J connectivity index is 1.11. The zero-order valence-corrected chi connectivity index (χ0v) is 20.1. The van der Waals surface area contributed by atoms with Gasteiger partial charge in [-0.15, -0.1) is 0 Å². The van der Waals surface area contributed by atoms with E-state index in [1.54, 1.807) is 0 Å². The predicted molar refractivity (Wildman–Crippen MR) is 130 cm³/mol. The highest BCUT2D eigenvalue weighted by Crippen LogP contribution is 2.20. The third-order valence-corrected chi connectivity index (χ3v) is 6.59. The molecule has 1 aromatic carbocycles. The molecule has 1 aliphatic heterocycles. The molecule has 0 amide bonds. The van der Waals surface area contributed by atoms with E-state index in [0.717, 1.165) is 60.7 Å². The number of piperazine rings is 1. The van der Waals surface area contributed by atoms with E-state index in [4.69, 9.17) is 16.7 Å². The van der Waals surface area contributed by atoms with Gasteiger partial charge in [-0.25, -0.2) is 4.68 Å². The summed E-state index contributed by atoms with van der Waals surface area (Å²) in [6.07, 6.45) is 4.48. The SMILES string of the molecule is Cc1ccccc1-c1noc(CN2CCN(Cn3ncn(CCc4ccccn4)c3=S)CC2)n1. The average molecular weight is 477 g/mol. The van der Waals surface area contributed by atoms with Crippen molar-refractivity contribution in [3.63, 3.8) is 0 Å². The van der Waals surface area contributed by atoms with Gasteiger partial charge < -0.3 is 9.09 Å². The van der Waals surface area contributed by atoms with Crippen molar-refractivity contribution in [3.05, 3.63) is 76.9 Å². The first-order chi connectivity index (χ1) is 16.7. The maximum atomic E-state index is 5.65. The summed E-state index contributed by atoms with van der Waals surface area (Å²) in [5, 5.41) is 8.69. The Morgan fingerprint density at radius 2 is 1.79 bits per heavy atom. The van der Waals surface area contributed by atoms with Crippen molar-refractivity contribution < 1.29 is 4.52 Å². The van der Waals surface area contributed by atoms with Crippen molar-refractivity contribution in [2.45, 2.75) is 33.1 Å². The van der Waals surface area contributed by atoms with Crippen LogP contribution in [0.5, 0.6) is 0 Å². The molecule has 5 rings (SSSR count). The van der Waals surface area contributed by atoms with E-state index >= 15 is 0 Å². The Kier molecular flexibility index (Phi) is 6.89. The van der Waals surface area contributed by atoms with Gasteiger partial charge in [0.2, 0.25) is 11.7 Å². The topological polar surface area (TPSA) is 81.0 Å². The molecule has 1 saturated heterocycles. The molecule has 9 nitrogen and oxygen atoms in total. The number of hydrogen-bond acceptors (Lipinski definition) is 8. The van der Waals surface area contributed by atoms with Crippen molar-refractivity contribution in [2.24, 2.45) is 0 Å². The number of hydrogen-bond donors (Lipinski definition) is 0. The van der Waals surface area contributed by atoms with Gasteiger partial charge in [0.05, 0.1) is 13.2 Å².